The lowest BCUT2D eigenvalue weighted by Gasteiger charge is -2.53. The third-order valence-corrected chi connectivity index (χ3v) is 16.1. The number of rotatable bonds is 6. The van der Waals surface area contributed by atoms with Gasteiger partial charge in [-0.3, -0.25) is 4.79 Å². The predicted molar refractivity (Wildman–Crippen MR) is 151 cm³/mol. The summed E-state index contributed by atoms with van der Waals surface area (Å²) in [5, 5.41) is 11.9. The van der Waals surface area contributed by atoms with Crippen LogP contribution in [-0.4, -0.2) is 38.7 Å². The molecule has 0 aromatic rings. The molecule has 0 radical (unpaired) electrons. The number of hydrogen-bond acceptors (Lipinski definition) is 4. The fraction of sp³-hybridized carbons (Fsp3) is 0.968. The van der Waals surface area contributed by atoms with Gasteiger partial charge < -0.3 is 14.3 Å². The van der Waals surface area contributed by atoms with E-state index in [4.69, 9.17) is 9.16 Å². The van der Waals surface area contributed by atoms with Gasteiger partial charge in [-0.2, -0.15) is 0 Å². The zero-order valence-electron chi connectivity index (χ0n) is 25.1. The van der Waals surface area contributed by atoms with Crippen molar-refractivity contribution in [1.82, 2.24) is 0 Å². The van der Waals surface area contributed by atoms with Gasteiger partial charge in [0.1, 0.15) is 0 Å². The molecule has 0 saturated heterocycles. The van der Waals surface area contributed by atoms with Crippen molar-refractivity contribution in [3.05, 3.63) is 0 Å². The Bertz CT molecular complexity index is 731. The van der Waals surface area contributed by atoms with Gasteiger partial charge in [-0.25, -0.2) is 0 Å². The molecule has 0 aromatic carbocycles. The first-order chi connectivity index (χ1) is 16.7. The normalized spacial score (nSPS) is 39.1. The minimum absolute atomic E-state index is 0.0855. The van der Waals surface area contributed by atoms with Crippen LogP contribution in [0.5, 0.6) is 0 Å². The highest BCUT2D eigenvalue weighted by atomic mass is 28.4. The van der Waals surface area contributed by atoms with Crippen LogP contribution >= 0.6 is 0 Å². The predicted octanol–water partition coefficient (Wildman–Crippen LogP) is 7.99. The third-order valence-electron chi connectivity index (χ3n) is 11.6. The summed E-state index contributed by atoms with van der Waals surface area (Å²) in [6.45, 7) is 19.1. The number of ether oxygens (including phenoxy) is 1. The van der Waals surface area contributed by atoms with Crippen LogP contribution in [0.15, 0.2) is 0 Å². The Balaban J connectivity index is 1.72. The van der Waals surface area contributed by atoms with E-state index < -0.39 is 8.32 Å². The standard InChI is InChI=1S/C31H58O4Si/c1-21-13-15-23(35-36(8,9)30(3,4)5)11-10-12-27(32)29-24(21)19-20-31(6)25(16-17-26(29)31)22(2)14-18-28(33)34-7/h21-27,29,32H,10-20H2,1-9H3/t21?,22-,23?,24-,25-,26+,27-,29?,31?/m1/s1. The first-order valence-electron chi connectivity index (χ1n) is 15.1. The van der Waals surface area contributed by atoms with Gasteiger partial charge in [0.25, 0.3) is 0 Å². The Labute approximate surface area is 223 Å². The number of aliphatic hydroxyl groups is 1. The van der Waals surface area contributed by atoms with Gasteiger partial charge >= 0.3 is 5.97 Å². The third kappa shape index (κ3) is 6.42. The molecule has 0 aromatic heterocycles. The quantitative estimate of drug-likeness (QED) is 0.284. The fourth-order valence-corrected chi connectivity index (χ4v) is 9.75. The fourth-order valence-electron chi connectivity index (χ4n) is 8.33. The average Bonchev–Trinajstić information content (AvgIpc) is 3.15. The van der Waals surface area contributed by atoms with E-state index in [2.05, 4.69) is 54.6 Å². The number of fused-ring (bicyclic) bond motifs is 3. The average molecular weight is 523 g/mol. The first kappa shape index (κ1) is 30.2. The number of esters is 1. The molecule has 0 amide bonds. The minimum Gasteiger partial charge on any atom is -0.469 e. The summed E-state index contributed by atoms with van der Waals surface area (Å²) in [6, 6.07) is 0. The zero-order valence-corrected chi connectivity index (χ0v) is 26.1. The highest BCUT2D eigenvalue weighted by molar-refractivity contribution is 6.74. The number of methoxy groups -OCH3 is 1. The lowest BCUT2D eigenvalue weighted by atomic mass is 9.53. The van der Waals surface area contributed by atoms with Gasteiger partial charge in [0.15, 0.2) is 8.32 Å². The van der Waals surface area contributed by atoms with Crippen molar-refractivity contribution in [1.29, 1.82) is 0 Å². The molecule has 3 rings (SSSR count). The van der Waals surface area contributed by atoms with E-state index in [0.717, 1.165) is 25.7 Å². The van der Waals surface area contributed by atoms with Gasteiger partial charge in [-0.1, -0.05) is 41.5 Å². The second-order valence-corrected chi connectivity index (χ2v) is 19.5. The molecule has 36 heavy (non-hydrogen) atoms. The minimum atomic E-state index is -1.79. The van der Waals surface area contributed by atoms with Crippen LogP contribution in [-0.2, 0) is 14.0 Å². The molecule has 0 heterocycles. The number of hydrogen-bond donors (Lipinski definition) is 1. The molecule has 9 atom stereocenters. The maximum atomic E-state index is 11.8. The maximum Gasteiger partial charge on any atom is 0.305 e. The van der Waals surface area contributed by atoms with Gasteiger partial charge in [-0.15, -0.1) is 0 Å². The highest BCUT2D eigenvalue weighted by Gasteiger charge is 2.56. The molecule has 0 bridgehead atoms. The molecule has 0 aliphatic heterocycles. The SMILES string of the molecule is COC(=O)CC[C@@H](C)[C@H]1CC[C@H]2C3[C@H](CCC12C)C(C)CCC(O[Si](C)(C)C(C)(C)C)CCC[C@H]3O. The van der Waals surface area contributed by atoms with E-state index in [1.807, 2.05) is 0 Å². The number of carbonyl (C=O) groups excluding carboxylic acids is 1. The van der Waals surface area contributed by atoms with Crippen LogP contribution < -0.4 is 0 Å². The second-order valence-electron chi connectivity index (χ2n) is 14.7. The monoisotopic (exact) mass is 522 g/mol. The molecule has 1 N–H and O–H groups in total. The van der Waals surface area contributed by atoms with Gasteiger partial charge in [-0.05, 0) is 123 Å². The highest BCUT2D eigenvalue weighted by Crippen LogP contribution is 2.63. The van der Waals surface area contributed by atoms with Crippen LogP contribution in [0, 0.1) is 40.9 Å². The van der Waals surface area contributed by atoms with E-state index in [9.17, 15) is 9.90 Å². The second kappa shape index (κ2) is 11.8. The van der Waals surface area contributed by atoms with Crippen LogP contribution in [0.3, 0.4) is 0 Å². The molecule has 210 valence electrons. The van der Waals surface area contributed by atoms with Gasteiger partial charge in [0.05, 0.1) is 13.2 Å². The molecule has 3 aliphatic rings. The van der Waals surface area contributed by atoms with Crippen molar-refractivity contribution in [2.75, 3.05) is 7.11 Å². The van der Waals surface area contributed by atoms with Crippen molar-refractivity contribution in [3.63, 3.8) is 0 Å². The van der Waals surface area contributed by atoms with Crippen LogP contribution in [0.1, 0.15) is 112 Å². The molecule has 3 aliphatic carbocycles. The lowest BCUT2D eigenvalue weighted by molar-refractivity contribution is -0.141. The van der Waals surface area contributed by atoms with Crippen molar-refractivity contribution in [2.45, 2.75) is 143 Å². The largest absolute Gasteiger partial charge is 0.469 e. The molecule has 3 saturated carbocycles. The van der Waals surface area contributed by atoms with Crippen molar-refractivity contribution in [2.24, 2.45) is 40.9 Å². The molecular weight excluding hydrogens is 464 g/mol. The maximum absolute atomic E-state index is 11.8. The summed E-state index contributed by atoms with van der Waals surface area (Å²) in [5.74, 6) is 3.37. The van der Waals surface area contributed by atoms with Crippen LogP contribution in [0.4, 0.5) is 0 Å². The Morgan fingerprint density at radius 1 is 1.08 bits per heavy atom. The molecule has 4 nitrogen and oxygen atoms in total. The Morgan fingerprint density at radius 3 is 2.42 bits per heavy atom. The van der Waals surface area contributed by atoms with E-state index in [1.165, 1.54) is 45.6 Å². The smallest absolute Gasteiger partial charge is 0.305 e. The summed E-state index contributed by atoms with van der Waals surface area (Å²) in [6.07, 6.45) is 12.1. The molecule has 0 spiro atoms. The van der Waals surface area contributed by atoms with E-state index in [1.54, 1.807) is 0 Å². The van der Waals surface area contributed by atoms with Crippen molar-refractivity contribution < 1.29 is 19.1 Å². The molecule has 5 heteroatoms. The van der Waals surface area contributed by atoms with Crippen LogP contribution in [0.2, 0.25) is 18.1 Å². The van der Waals surface area contributed by atoms with Crippen LogP contribution in [0.25, 0.3) is 0 Å². The summed E-state index contributed by atoms with van der Waals surface area (Å²) in [5.41, 5.74) is 0.287. The first-order valence-corrected chi connectivity index (χ1v) is 18.0. The number of aliphatic hydroxyl groups excluding tert-OH is 1. The summed E-state index contributed by atoms with van der Waals surface area (Å²) in [4.78, 5) is 11.8. The Kier molecular flexibility index (Phi) is 9.86. The van der Waals surface area contributed by atoms with E-state index >= 15 is 0 Å². The molecule has 3 fully saturated rings. The molecular formula is C31H58O4Si. The Morgan fingerprint density at radius 2 is 1.78 bits per heavy atom. The number of carbonyl (C=O) groups is 1. The van der Waals surface area contributed by atoms with Gasteiger partial charge in [0.2, 0.25) is 0 Å². The zero-order chi connectivity index (χ0) is 26.9. The van der Waals surface area contributed by atoms with Gasteiger partial charge in [0, 0.05) is 12.5 Å². The molecule has 4 unspecified atom stereocenters. The van der Waals surface area contributed by atoms with Crippen molar-refractivity contribution in [3.8, 4) is 0 Å². The summed E-state index contributed by atoms with van der Waals surface area (Å²) in [7, 11) is -0.297. The lowest BCUT2D eigenvalue weighted by Crippen LogP contribution is -2.49. The topological polar surface area (TPSA) is 55.8 Å². The van der Waals surface area contributed by atoms with Crippen molar-refractivity contribution >= 4 is 14.3 Å². The van der Waals surface area contributed by atoms with E-state index in [-0.39, 0.29) is 22.5 Å². The van der Waals surface area contributed by atoms with E-state index in [0.29, 0.717) is 48.0 Å². The summed E-state index contributed by atoms with van der Waals surface area (Å²) < 4.78 is 11.8. The summed E-state index contributed by atoms with van der Waals surface area (Å²) >= 11 is 0. The Hall–Kier alpha value is -0.393.